The first-order chi connectivity index (χ1) is 7.66. The third-order valence-corrected chi connectivity index (χ3v) is 2.26. The van der Waals surface area contributed by atoms with Crippen molar-refractivity contribution in [2.75, 3.05) is 0 Å². The summed E-state index contributed by atoms with van der Waals surface area (Å²) in [5.74, 6) is -0.712. The van der Waals surface area contributed by atoms with Gasteiger partial charge in [0.05, 0.1) is 0 Å². The molecule has 1 amide bonds. The molecule has 0 radical (unpaired) electrons. The average Bonchev–Trinajstić information content (AvgIpc) is 2.27. The van der Waals surface area contributed by atoms with E-state index in [0.29, 0.717) is 5.56 Å². The van der Waals surface area contributed by atoms with Gasteiger partial charge in [-0.1, -0.05) is 30.3 Å². The number of benzene rings is 2. The van der Waals surface area contributed by atoms with Gasteiger partial charge in [0.15, 0.2) is 5.96 Å². The molecule has 0 atom stereocenters. The minimum absolute atomic E-state index is 0.349. The number of nitrogens with two attached hydrogens (primary N) is 1. The molecular formula is C12H11N3O. The van der Waals surface area contributed by atoms with E-state index in [0.717, 1.165) is 10.8 Å². The molecule has 4 N–H and O–H groups in total. The van der Waals surface area contributed by atoms with Crippen LogP contribution in [-0.4, -0.2) is 11.9 Å². The Kier molecular flexibility index (Phi) is 2.55. The third kappa shape index (κ3) is 2.00. The molecule has 0 aromatic heterocycles. The monoisotopic (exact) mass is 213 g/mol. The van der Waals surface area contributed by atoms with E-state index >= 15 is 0 Å². The summed E-state index contributed by atoms with van der Waals surface area (Å²) in [6, 6.07) is 13.1. The van der Waals surface area contributed by atoms with Crippen molar-refractivity contribution >= 4 is 22.6 Å². The fourth-order valence-electron chi connectivity index (χ4n) is 1.53. The zero-order valence-electron chi connectivity index (χ0n) is 8.53. The summed E-state index contributed by atoms with van der Waals surface area (Å²) in [7, 11) is 0. The van der Waals surface area contributed by atoms with Crippen molar-refractivity contribution in [1.29, 1.82) is 5.41 Å². The van der Waals surface area contributed by atoms with E-state index in [2.05, 4.69) is 5.32 Å². The van der Waals surface area contributed by atoms with E-state index in [-0.39, 0.29) is 11.9 Å². The molecule has 80 valence electrons. The minimum atomic E-state index is -0.363. The Hall–Kier alpha value is -2.36. The van der Waals surface area contributed by atoms with Crippen LogP contribution < -0.4 is 11.1 Å². The lowest BCUT2D eigenvalue weighted by molar-refractivity contribution is 0.0976. The first-order valence-corrected chi connectivity index (χ1v) is 4.81. The first kappa shape index (κ1) is 10.2. The van der Waals surface area contributed by atoms with E-state index in [1.807, 2.05) is 30.3 Å². The molecule has 0 heterocycles. The van der Waals surface area contributed by atoms with E-state index in [9.17, 15) is 4.79 Å². The topological polar surface area (TPSA) is 79.0 Å². The molecule has 4 heteroatoms. The van der Waals surface area contributed by atoms with Gasteiger partial charge < -0.3 is 5.73 Å². The minimum Gasteiger partial charge on any atom is -0.370 e. The van der Waals surface area contributed by atoms with Crippen LogP contribution in [0.4, 0.5) is 0 Å². The molecule has 0 fully saturated rings. The van der Waals surface area contributed by atoms with Crippen LogP contribution >= 0.6 is 0 Å². The lowest BCUT2D eigenvalue weighted by Crippen LogP contribution is -2.35. The molecule has 2 aromatic rings. The molecule has 0 saturated carbocycles. The normalized spacial score (nSPS) is 10.0. The lowest BCUT2D eigenvalue weighted by Gasteiger charge is -2.04. The SMILES string of the molecule is N=C(N)NC(=O)c1ccc2ccccc2c1. The Morgan fingerprint density at radius 2 is 1.81 bits per heavy atom. The number of amides is 1. The largest absolute Gasteiger partial charge is 0.370 e. The van der Waals surface area contributed by atoms with Crippen LogP contribution in [0.2, 0.25) is 0 Å². The molecule has 0 aliphatic carbocycles. The molecule has 0 spiro atoms. The maximum absolute atomic E-state index is 11.6. The van der Waals surface area contributed by atoms with Crippen molar-refractivity contribution in [3.63, 3.8) is 0 Å². The number of nitrogens with one attached hydrogen (secondary N) is 2. The molecule has 16 heavy (non-hydrogen) atoms. The van der Waals surface area contributed by atoms with Crippen LogP contribution in [0.5, 0.6) is 0 Å². The Balaban J connectivity index is 2.39. The molecule has 0 unspecified atom stereocenters. The van der Waals surface area contributed by atoms with E-state index in [1.165, 1.54) is 0 Å². The van der Waals surface area contributed by atoms with E-state index in [1.54, 1.807) is 12.1 Å². The second-order valence-electron chi connectivity index (χ2n) is 3.43. The van der Waals surface area contributed by atoms with Crippen molar-refractivity contribution in [2.24, 2.45) is 5.73 Å². The zero-order valence-corrected chi connectivity index (χ0v) is 8.53. The van der Waals surface area contributed by atoms with Gasteiger partial charge in [-0.25, -0.2) is 0 Å². The lowest BCUT2D eigenvalue weighted by atomic mass is 10.1. The second-order valence-corrected chi connectivity index (χ2v) is 3.43. The van der Waals surface area contributed by atoms with Gasteiger partial charge in [-0.15, -0.1) is 0 Å². The van der Waals surface area contributed by atoms with Crippen molar-refractivity contribution < 1.29 is 4.79 Å². The summed E-state index contributed by atoms with van der Waals surface area (Å²) in [5.41, 5.74) is 5.59. The number of fused-ring (bicyclic) bond motifs is 1. The van der Waals surface area contributed by atoms with E-state index < -0.39 is 0 Å². The van der Waals surface area contributed by atoms with Gasteiger partial charge in [-0.2, -0.15) is 0 Å². The Bertz CT molecular complexity index is 563. The maximum atomic E-state index is 11.6. The van der Waals surface area contributed by atoms with Crippen molar-refractivity contribution in [2.45, 2.75) is 0 Å². The summed E-state index contributed by atoms with van der Waals surface area (Å²) < 4.78 is 0. The maximum Gasteiger partial charge on any atom is 0.257 e. The number of hydrogen-bond donors (Lipinski definition) is 3. The van der Waals surface area contributed by atoms with Crippen LogP contribution in [-0.2, 0) is 0 Å². The van der Waals surface area contributed by atoms with Crippen LogP contribution in [0, 0.1) is 5.41 Å². The third-order valence-electron chi connectivity index (χ3n) is 2.26. The van der Waals surface area contributed by atoms with Crippen LogP contribution in [0.15, 0.2) is 42.5 Å². The van der Waals surface area contributed by atoms with Crippen molar-refractivity contribution in [1.82, 2.24) is 5.32 Å². The highest BCUT2D eigenvalue weighted by Gasteiger charge is 2.06. The quantitative estimate of drug-likeness (QED) is 0.495. The summed E-state index contributed by atoms with van der Waals surface area (Å²) in [4.78, 5) is 11.6. The Labute approximate surface area is 92.6 Å². The van der Waals surface area contributed by atoms with Gasteiger partial charge >= 0.3 is 0 Å². The molecule has 4 nitrogen and oxygen atoms in total. The number of hydrogen-bond acceptors (Lipinski definition) is 2. The Morgan fingerprint density at radius 1 is 1.12 bits per heavy atom. The van der Waals surface area contributed by atoms with Gasteiger partial charge in [0, 0.05) is 5.56 Å². The molecular weight excluding hydrogens is 202 g/mol. The summed E-state index contributed by atoms with van der Waals surface area (Å²) in [6.07, 6.45) is 0. The predicted molar refractivity (Wildman–Crippen MR) is 63.3 cm³/mol. The smallest absolute Gasteiger partial charge is 0.257 e. The standard InChI is InChI=1S/C12H11N3O/c13-12(14)15-11(16)10-6-5-8-3-1-2-4-9(8)7-10/h1-7H,(H4,13,14,15,16). The molecule has 2 aromatic carbocycles. The molecule has 0 aliphatic rings. The fraction of sp³-hybridized carbons (Fsp3) is 0. The van der Waals surface area contributed by atoms with Gasteiger partial charge in [-0.3, -0.25) is 15.5 Å². The number of rotatable bonds is 1. The van der Waals surface area contributed by atoms with Gasteiger partial charge in [0.1, 0.15) is 0 Å². The van der Waals surface area contributed by atoms with Gasteiger partial charge in [0.25, 0.3) is 5.91 Å². The zero-order chi connectivity index (χ0) is 11.5. The number of carbonyl (C=O) groups excluding carboxylic acids is 1. The highest BCUT2D eigenvalue weighted by molar-refractivity contribution is 6.06. The second kappa shape index (κ2) is 4.02. The highest BCUT2D eigenvalue weighted by atomic mass is 16.1. The first-order valence-electron chi connectivity index (χ1n) is 4.81. The van der Waals surface area contributed by atoms with Gasteiger partial charge in [0.2, 0.25) is 0 Å². The van der Waals surface area contributed by atoms with Crippen LogP contribution in [0.3, 0.4) is 0 Å². The molecule has 2 rings (SSSR count). The molecule has 0 bridgehead atoms. The number of guanidine groups is 1. The van der Waals surface area contributed by atoms with Crippen LogP contribution in [0.1, 0.15) is 10.4 Å². The average molecular weight is 213 g/mol. The summed E-state index contributed by atoms with van der Waals surface area (Å²) in [5, 5.41) is 11.3. The van der Waals surface area contributed by atoms with Crippen molar-refractivity contribution in [3.8, 4) is 0 Å². The van der Waals surface area contributed by atoms with Gasteiger partial charge in [-0.05, 0) is 22.9 Å². The summed E-state index contributed by atoms with van der Waals surface area (Å²) in [6.45, 7) is 0. The predicted octanol–water partition coefficient (Wildman–Crippen LogP) is 1.46. The highest BCUT2D eigenvalue weighted by Crippen LogP contribution is 2.15. The van der Waals surface area contributed by atoms with Crippen LogP contribution in [0.25, 0.3) is 10.8 Å². The van der Waals surface area contributed by atoms with Crippen molar-refractivity contribution in [3.05, 3.63) is 48.0 Å². The molecule has 0 aliphatic heterocycles. The number of carbonyl (C=O) groups is 1. The molecule has 0 saturated heterocycles. The summed E-state index contributed by atoms with van der Waals surface area (Å²) >= 11 is 0. The fourth-order valence-corrected chi connectivity index (χ4v) is 1.53. The van der Waals surface area contributed by atoms with E-state index in [4.69, 9.17) is 11.1 Å². The Morgan fingerprint density at radius 3 is 2.50 bits per heavy atom.